The fourth-order valence-electron chi connectivity index (χ4n) is 0.874. The molecule has 1 rings (SSSR count). The lowest BCUT2D eigenvalue weighted by Gasteiger charge is -2.07. The van der Waals surface area contributed by atoms with E-state index in [1.807, 2.05) is 13.0 Å². The zero-order chi connectivity index (χ0) is 8.27. The Bertz CT molecular complexity index is 280. The van der Waals surface area contributed by atoms with Gasteiger partial charge in [-0.3, -0.25) is 9.98 Å². The first-order chi connectivity index (χ1) is 5.25. The molecule has 0 atom stereocenters. The fourth-order valence-corrected chi connectivity index (χ4v) is 0.874. The summed E-state index contributed by atoms with van der Waals surface area (Å²) >= 11 is 0. The molecular formula is C9H10N2. The van der Waals surface area contributed by atoms with Crippen molar-refractivity contribution < 1.29 is 0 Å². The van der Waals surface area contributed by atoms with Crippen LogP contribution in [0.25, 0.3) is 0 Å². The summed E-state index contributed by atoms with van der Waals surface area (Å²) in [4.78, 5) is 8.05. The molecule has 0 saturated heterocycles. The van der Waals surface area contributed by atoms with E-state index < -0.39 is 0 Å². The van der Waals surface area contributed by atoms with E-state index in [-0.39, 0.29) is 0 Å². The summed E-state index contributed by atoms with van der Waals surface area (Å²) < 4.78 is 0. The van der Waals surface area contributed by atoms with E-state index in [9.17, 15) is 0 Å². The molecule has 2 heteroatoms. The molecule has 1 heterocycles. The number of allylic oxidation sites excluding steroid dienone is 2. The van der Waals surface area contributed by atoms with Crippen molar-refractivity contribution in [2.75, 3.05) is 0 Å². The molecule has 0 N–H and O–H groups in total. The van der Waals surface area contributed by atoms with Crippen molar-refractivity contribution in [3.63, 3.8) is 0 Å². The Morgan fingerprint density at radius 1 is 1.64 bits per heavy atom. The van der Waals surface area contributed by atoms with Crippen LogP contribution in [0.4, 0.5) is 0 Å². The third-order valence-electron chi connectivity index (χ3n) is 1.42. The lowest BCUT2D eigenvalue weighted by molar-refractivity contribution is 1.39. The number of nitrogens with zero attached hydrogens (tertiary/aromatic N) is 2. The van der Waals surface area contributed by atoms with Crippen molar-refractivity contribution in [3.05, 3.63) is 36.7 Å². The molecule has 0 bridgehead atoms. The molecule has 0 unspecified atom stereocenters. The molecule has 56 valence electrons. The monoisotopic (exact) mass is 146 g/mol. The third kappa shape index (κ3) is 1.52. The van der Waals surface area contributed by atoms with Crippen molar-refractivity contribution in [1.29, 1.82) is 0 Å². The Kier molecular flexibility index (Phi) is 2.16. The predicted molar refractivity (Wildman–Crippen MR) is 49.0 cm³/mol. The van der Waals surface area contributed by atoms with Gasteiger partial charge in [-0.2, -0.15) is 0 Å². The van der Waals surface area contributed by atoms with Gasteiger partial charge in [0.2, 0.25) is 0 Å². The summed E-state index contributed by atoms with van der Waals surface area (Å²) in [5, 5.41) is 0. The number of rotatable bonds is 1. The van der Waals surface area contributed by atoms with Crippen molar-refractivity contribution >= 4 is 11.9 Å². The second kappa shape index (κ2) is 3.10. The Morgan fingerprint density at radius 2 is 2.36 bits per heavy atom. The maximum atomic E-state index is 4.04. The Labute approximate surface area is 66.4 Å². The molecule has 11 heavy (non-hydrogen) atoms. The fraction of sp³-hybridized carbons (Fsp3) is 0.111. The minimum absolute atomic E-state index is 0.699. The van der Waals surface area contributed by atoms with Crippen LogP contribution in [-0.4, -0.2) is 11.9 Å². The van der Waals surface area contributed by atoms with Crippen molar-refractivity contribution in [2.24, 2.45) is 9.98 Å². The highest BCUT2D eigenvalue weighted by molar-refractivity contribution is 6.16. The molecule has 0 fully saturated rings. The van der Waals surface area contributed by atoms with Gasteiger partial charge in [0.1, 0.15) is 0 Å². The van der Waals surface area contributed by atoms with Crippen LogP contribution in [0.5, 0.6) is 0 Å². The van der Waals surface area contributed by atoms with Gasteiger partial charge in [-0.15, -0.1) is 0 Å². The molecule has 0 amide bonds. The summed E-state index contributed by atoms with van der Waals surface area (Å²) in [6.07, 6.45) is 5.12. The van der Waals surface area contributed by atoms with Crippen LogP contribution in [0.15, 0.2) is 46.7 Å². The first kappa shape index (κ1) is 7.66. The SMILES string of the molecule is C=CN=C1C(=C)N=CC=C1C. The van der Waals surface area contributed by atoms with Crippen molar-refractivity contribution in [1.82, 2.24) is 0 Å². The van der Waals surface area contributed by atoms with Crippen LogP contribution in [0, 0.1) is 0 Å². The summed E-state index contributed by atoms with van der Waals surface area (Å²) in [5.41, 5.74) is 2.59. The second-order valence-corrected chi connectivity index (χ2v) is 2.23. The predicted octanol–water partition coefficient (Wildman–Crippen LogP) is 2.12. The number of dihydropyridines is 1. The van der Waals surface area contributed by atoms with Gasteiger partial charge < -0.3 is 0 Å². The van der Waals surface area contributed by atoms with Crippen molar-refractivity contribution in [3.8, 4) is 0 Å². The molecule has 0 spiro atoms. The van der Waals surface area contributed by atoms with Gasteiger partial charge >= 0.3 is 0 Å². The summed E-state index contributed by atoms with van der Waals surface area (Å²) in [6.45, 7) is 9.23. The zero-order valence-electron chi connectivity index (χ0n) is 6.54. The highest BCUT2D eigenvalue weighted by atomic mass is 14.8. The minimum Gasteiger partial charge on any atom is -0.255 e. The summed E-state index contributed by atoms with van der Waals surface area (Å²) in [7, 11) is 0. The standard InChI is InChI=1S/C9H10N2/c1-4-10-9-7(2)5-6-11-8(9)3/h4-6H,1,3H2,2H3. The molecule has 0 aromatic carbocycles. The largest absolute Gasteiger partial charge is 0.255 e. The molecular weight excluding hydrogens is 136 g/mol. The van der Waals surface area contributed by atoms with Gasteiger partial charge in [0.15, 0.2) is 0 Å². The van der Waals surface area contributed by atoms with Gasteiger partial charge in [0, 0.05) is 12.4 Å². The normalized spacial score (nSPS) is 20.3. The highest BCUT2D eigenvalue weighted by Gasteiger charge is 2.07. The third-order valence-corrected chi connectivity index (χ3v) is 1.42. The lowest BCUT2D eigenvalue weighted by Crippen LogP contribution is -2.05. The number of hydrogen-bond donors (Lipinski definition) is 0. The van der Waals surface area contributed by atoms with E-state index in [1.54, 1.807) is 6.21 Å². The topological polar surface area (TPSA) is 24.7 Å². The van der Waals surface area contributed by atoms with E-state index in [2.05, 4.69) is 23.1 Å². The van der Waals surface area contributed by atoms with Crippen LogP contribution >= 0.6 is 0 Å². The molecule has 1 aliphatic rings. The molecule has 0 radical (unpaired) electrons. The molecule has 0 aliphatic carbocycles. The van der Waals surface area contributed by atoms with Crippen LogP contribution in [0.1, 0.15) is 6.92 Å². The van der Waals surface area contributed by atoms with Crippen LogP contribution in [0.3, 0.4) is 0 Å². The Balaban J connectivity index is 3.05. The van der Waals surface area contributed by atoms with E-state index in [1.165, 1.54) is 6.20 Å². The van der Waals surface area contributed by atoms with Gasteiger partial charge in [0.25, 0.3) is 0 Å². The van der Waals surface area contributed by atoms with Gasteiger partial charge in [-0.05, 0) is 18.6 Å². The van der Waals surface area contributed by atoms with E-state index in [0.29, 0.717) is 5.70 Å². The van der Waals surface area contributed by atoms with E-state index in [0.717, 1.165) is 11.3 Å². The van der Waals surface area contributed by atoms with E-state index >= 15 is 0 Å². The first-order valence-corrected chi connectivity index (χ1v) is 3.35. The molecule has 1 aliphatic heterocycles. The van der Waals surface area contributed by atoms with Crippen LogP contribution in [-0.2, 0) is 0 Å². The maximum absolute atomic E-state index is 4.04. The van der Waals surface area contributed by atoms with Gasteiger partial charge in [-0.1, -0.05) is 13.2 Å². The molecule has 2 nitrogen and oxygen atoms in total. The maximum Gasteiger partial charge on any atom is 0.0909 e. The summed E-state index contributed by atoms with van der Waals surface area (Å²) in [5.74, 6) is 0. The second-order valence-electron chi connectivity index (χ2n) is 2.23. The van der Waals surface area contributed by atoms with Gasteiger partial charge in [-0.25, -0.2) is 0 Å². The summed E-state index contributed by atoms with van der Waals surface area (Å²) in [6, 6.07) is 0. The number of aliphatic imine (C=N–C) groups is 2. The first-order valence-electron chi connectivity index (χ1n) is 3.35. The minimum atomic E-state index is 0.699. The van der Waals surface area contributed by atoms with Crippen LogP contribution < -0.4 is 0 Å². The average Bonchev–Trinajstić information content (AvgIpc) is 1.97. The molecule has 0 aromatic rings. The van der Waals surface area contributed by atoms with Gasteiger partial charge in [0.05, 0.1) is 11.4 Å². The van der Waals surface area contributed by atoms with Crippen LogP contribution in [0.2, 0.25) is 0 Å². The van der Waals surface area contributed by atoms with Crippen molar-refractivity contribution in [2.45, 2.75) is 6.92 Å². The Hall–Kier alpha value is -1.44. The smallest absolute Gasteiger partial charge is 0.0909 e. The average molecular weight is 146 g/mol. The Morgan fingerprint density at radius 3 is 2.91 bits per heavy atom. The molecule has 0 saturated carbocycles. The quantitative estimate of drug-likeness (QED) is 0.541. The lowest BCUT2D eigenvalue weighted by atomic mass is 10.1. The molecule has 0 aromatic heterocycles. The number of hydrogen-bond acceptors (Lipinski definition) is 2. The zero-order valence-corrected chi connectivity index (χ0v) is 6.54. The van der Waals surface area contributed by atoms with E-state index in [4.69, 9.17) is 0 Å². The highest BCUT2D eigenvalue weighted by Crippen LogP contribution is 2.10.